The minimum atomic E-state index is -0.267. The Bertz CT molecular complexity index is 182. The van der Waals surface area contributed by atoms with E-state index in [0.29, 0.717) is 11.6 Å². The third-order valence-corrected chi connectivity index (χ3v) is 2.72. The molecule has 0 bridgehead atoms. The molecule has 1 rings (SSSR count). The predicted molar refractivity (Wildman–Crippen MR) is 55.9 cm³/mol. The van der Waals surface area contributed by atoms with Gasteiger partial charge in [-0.15, -0.1) is 0 Å². The molecular weight excluding hydrogens is 186 g/mol. The Labute approximate surface area is 85.2 Å². The van der Waals surface area contributed by atoms with Gasteiger partial charge in [-0.1, -0.05) is 24.6 Å². The van der Waals surface area contributed by atoms with E-state index >= 15 is 0 Å². The fraction of sp³-hybridized carbons (Fsp3) is 0.800. The van der Waals surface area contributed by atoms with Gasteiger partial charge in [0.2, 0.25) is 0 Å². The lowest BCUT2D eigenvalue weighted by molar-refractivity contribution is 0.0433. The summed E-state index contributed by atoms with van der Waals surface area (Å²) in [5.41, 5.74) is 0. The maximum absolute atomic E-state index is 9.55. The van der Waals surface area contributed by atoms with Crippen LogP contribution in [0.2, 0.25) is 0 Å². The fourth-order valence-corrected chi connectivity index (χ4v) is 2.13. The molecule has 2 unspecified atom stereocenters. The van der Waals surface area contributed by atoms with Crippen LogP contribution in [0.5, 0.6) is 0 Å². The molecule has 2 atom stereocenters. The number of rotatable bonds is 3. The molecule has 1 saturated heterocycles. The van der Waals surface area contributed by atoms with E-state index in [-0.39, 0.29) is 12.1 Å². The van der Waals surface area contributed by atoms with Crippen molar-refractivity contribution in [3.05, 3.63) is 11.6 Å². The molecule has 13 heavy (non-hydrogen) atoms. The second kappa shape index (κ2) is 4.99. The van der Waals surface area contributed by atoms with Crippen LogP contribution in [0.4, 0.5) is 0 Å². The first-order valence-electron chi connectivity index (χ1n) is 4.86. The van der Waals surface area contributed by atoms with Crippen LogP contribution in [0.3, 0.4) is 0 Å². The average molecular weight is 204 g/mol. The Balaban J connectivity index is 2.51. The summed E-state index contributed by atoms with van der Waals surface area (Å²) in [7, 11) is 0. The molecule has 0 aromatic carbocycles. The van der Waals surface area contributed by atoms with Gasteiger partial charge in [-0.2, -0.15) is 0 Å². The van der Waals surface area contributed by atoms with Crippen molar-refractivity contribution in [2.24, 2.45) is 0 Å². The molecule has 1 aliphatic rings. The van der Waals surface area contributed by atoms with Crippen LogP contribution < -0.4 is 0 Å². The lowest BCUT2D eigenvalue weighted by Crippen LogP contribution is -2.46. The van der Waals surface area contributed by atoms with Gasteiger partial charge in [0.05, 0.1) is 6.10 Å². The van der Waals surface area contributed by atoms with Crippen molar-refractivity contribution >= 4 is 11.6 Å². The Morgan fingerprint density at radius 1 is 1.69 bits per heavy atom. The van der Waals surface area contributed by atoms with Gasteiger partial charge in [0, 0.05) is 17.6 Å². The van der Waals surface area contributed by atoms with Gasteiger partial charge < -0.3 is 5.11 Å². The van der Waals surface area contributed by atoms with Crippen molar-refractivity contribution in [1.82, 2.24) is 4.90 Å². The van der Waals surface area contributed by atoms with Gasteiger partial charge in [0.15, 0.2) is 0 Å². The minimum Gasteiger partial charge on any atom is -0.392 e. The molecule has 1 fully saturated rings. The van der Waals surface area contributed by atoms with Gasteiger partial charge in [-0.3, -0.25) is 4.90 Å². The van der Waals surface area contributed by atoms with E-state index in [0.717, 1.165) is 13.0 Å². The van der Waals surface area contributed by atoms with E-state index in [1.165, 1.54) is 12.8 Å². The van der Waals surface area contributed by atoms with E-state index in [1.54, 1.807) is 0 Å². The number of aliphatic hydroxyl groups excluding tert-OH is 1. The van der Waals surface area contributed by atoms with Crippen LogP contribution in [0, 0.1) is 0 Å². The molecule has 1 heterocycles. The molecule has 76 valence electrons. The minimum absolute atomic E-state index is 0.267. The highest BCUT2D eigenvalue weighted by molar-refractivity contribution is 6.29. The van der Waals surface area contributed by atoms with Crippen molar-refractivity contribution < 1.29 is 5.11 Å². The molecule has 0 radical (unpaired) electrons. The molecule has 0 aromatic rings. The summed E-state index contributed by atoms with van der Waals surface area (Å²) in [5, 5.41) is 10.2. The van der Waals surface area contributed by atoms with Crippen LogP contribution in [-0.4, -0.2) is 35.2 Å². The summed E-state index contributed by atoms with van der Waals surface area (Å²) >= 11 is 5.76. The van der Waals surface area contributed by atoms with Crippen LogP contribution in [0.25, 0.3) is 0 Å². The van der Waals surface area contributed by atoms with E-state index < -0.39 is 0 Å². The third-order valence-electron chi connectivity index (χ3n) is 2.60. The zero-order valence-corrected chi connectivity index (χ0v) is 8.93. The molecular formula is C10H18ClNO. The first-order valence-corrected chi connectivity index (χ1v) is 5.24. The van der Waals surface area contributed by atoms with Gasteiger partial charge in [0.1, 0.15) is 0 Å². The van der Waals surface area contributed by atoms with Crippen molar-refractivity contribution in [2.45, 2.75) is 38.3 Å². The van der Waals surface area contributed by atoms with Gasteiger partial charge in [0.25, 0.3) is 0 Å². The molecule has 0 saturated carbocycles. The maximum atomic E-state index is 9.55. The Morgan fingerprint density at radius 2 is 2.38 bits per heavy atom. The summed E-state index contributed by atoms with van der Waals surface area (Å²) in [6.07, 6.45) is 3.21. The SMILES string of the molecule is C=C(Cl)CN1CCCCC1C(C)O. The standard InChI is InChI=1S/C10H18ClNO/c1-8(11)7-12-6-4-3-5-10(12)9(2)13/h9-10,13H,1,3-7H2,2H3. The highest BCUT2D eigenvalue weighted by Gasteiger charge is 2.25. The van der Waals surface area contributed by atoms with Crippen molar-refractivity contribution in [3.63, 3.8) is 0 Å². The first kappa shape index (κ1) is 11.0. The van der Waals surface area contributed by atoms with E-state index in [4.69, 9.17) is 11.6 Å². The van der Waals surface area contributed by atoms with Gasteiger partial charge in [-0.25, -0.2) is 0 Å². The van der Waals surface area contributed by atoms with Crippen molar-refractivity contribution in [2.75, 3.05) is 13.1 Å². The average Bonchev–Trinajstić information content (AvgIpc) is 2.03. The quantitative estimate of drug-likeness (QED) is 0.759. The van der Waals surface area contributed by atoms with Gasteiger partial charge in [-0.05, 0) is 26.3 Å². The highest BCUT2D eigenvalue weighted by Crippen LogP contribution is 2.21. The summed E-state index contributed by atoms with van der Waals surface area (Å²) in [4.78, 5) is 2.23. The molecule has 0 aromatic heterocycles. The van der Waals surface area contributed by atoms with Crippen LogP contribution in [0.15, 0.2) is 11.6 Å². The molecule has 3 heteroatoms. The molecule has 1 aliphatic heterocycles. The number of hydrogen-bond donors (Lipinski definition) is 1. The summed E-state index contributed by atoms with van der Waals surface area (Å²) in [6, 6.07) is 0.268. The Kier molecular flexibility index (Phi) is 4.23. The lowest BCUT2D eigenvalue weighted by atomic mass is 9.98. The van der Waals surface area contributed by atoms with Crippen LogP contribution in [0.1, 0.15) is 26.2 Å². The largest absolute Gasteiger partial charge is 0.392 e. The zero-order valence-electron chi connectivity index (χ0n) is 8.17. The number of aliphatic hydroxyl groups is 1. The Morgan fingerprint density at radius 3 is 2.92 bits per heavy atom. The number of halogens is 1. The number of likely N-dealkylation sites (tertiary alicyclic amines) is 1. The summed E-state index contributed by atoms with van der Waals surface area (Å²) < 4.78 is 0. The zero-order chi connectivity index (χ0) is 9.84. The normalized spacial score (nSPS) is 27.2. The highest BCUT2D eigenvalue weighted by atomic mass is 35.5. The van der Waals surface area contributed by atoms with Gasteiger partial charge >= 0.3 is 0 Å². The molecule has 0 amide bonds. The van der Waals surface area contributed by atoms with Crippen LogP contribution in [-0.2, 0) is 0 Å². The third kappa shape index (κ3) is 3.29. The number of nitrogens with zero attached hydrogens (tertiary/aromatic N) is 1. The smallest absolute Gasteiger partial charge is 0.0667 e. The maximum Gasteiger partial charge on any atom is 0.0667 e. The Hall–Kier alpha value is -0.0500. The molecule has 1 N–H and O–H groups in total. The van der Waals surface area contributed by atoms with Crippen molar-refractivity contribution in [1.29, 1.82) is 0 Å². The van der Waals surface area contributed by atoms with E-state index in [2.05, 4.69) is 11.5 Å². The van der Waals surface area contributed by atoms with Crippen molar-refractivity contribution in [3.8, 4) is 0 Å². The van der Waals surface area contributed by atoms with Crippen LogP contribution >= 0.6 is 11.6 Å². The second-order valence-electron chi connectivity index (χ2n) is 3.79. The molecule has 2 nitrogen and oxygen atoms in total. The monoisotopic (exact) mass is 203 g/mol. The molecule has 0 aliphatic carbocycles. The summed E-state index contributed by atoms with van der Waals surface area (Å²) in [6.45, 7) is 7.27. The number of piperidine rings is 1. The lowest BCUT2D eigenvalue weighted by Gasteiger charge is -2.37. The predicted octanol–water partition coefficient (Wildman–Crippen LogP) is 1.97. The second-order valence-corrected chi connectivity index (χ2v) is 4.33. The first-order chi connectivity index (χ1) is 6.11. The summed E-state index contributed by atoms with van der Waals surface area (Å²) in [5.74, 6) is 0. The van der Waals surface area contributed by atoms with E-state index in [1.807, 2.05) is 6.92 Å². The topological polar surface area (TPSA) is 23.5 Å². The fourth-order valence-electron chi connectivity index (χ4n) is 1.98. The molecule has 0 spiro atoms. The van der Waals surface area contributed by atoms with E-state index in [9.17, 15) is 5.11 Å². The number of hydrogen-bond acceptors (Lipinski definition) is 2.